The molecule has 5 rings (SSSR count). The lowest BCUT2D eigenvalue weighted by Crippen LogP contribution is -2.36. The Labute approximate surface area is 171 Å². The van der Waals surface area contributed by atoms with Crippen LogP contribution < -0.4 is 11.2 Å². The summed E-state index contributed by atoms with van der Waals surface area (Å²) in [6.45, 7) is 0. The van der Waals surface area contributed by atoms with Crippen molar-refractivity contribution in [2.45, 2.75) is 43.9 Å². The van der Waals surface area contributed by atoms with Crippen LogP contribution in [0.25, 0.3) is 11.3 Å². The molecule has 0 radical (unpaired) electrons. The van der Waals surface area contributed by atoms with Crippen LogP contribution in [-0.2, 0) is 11.8 Å². The Kier molecular flexibility index (Phi) is 4.51. The molecule has 29 heavy (non-hydrogen) atoms. The van der Waals surface area contributed by atoms with E-state index in [4.69, 9.17) is 10.7 Å². The van der Waals surface area contributed by atoms with Crippen molar-refractivity contribution in [2.75, 3.05) is 11.2 Å². The molecule has 3 aromatic rings. The normalized spacial score (nSPS) is 17.1. The number of nitrogen functional groups attached to an aromatic ring is 1. The molecule has 1 saturated carbocycles. The molecule has 5 heteroatoms. The summed E-state index contributed by atoms with van der Waals surface area (Å²) in [7, 11) is 0. The van der Waals surface area contributed by atoms with E-state index in [2.05, 4.69) is 39.8 Å². The number of hydrogen-bond acceptors (Lipinski definition) is 5. The number of benzene rings is 2. The smallest absolute Gasteiger partial charge is 0.246 e. The number of aromatic nitrogens is 2. The summed E-state index contributed by atoms with van der Waals surface area (Å²) in [6.07, 6.45) is 8.87. The Bertz CT molecular complexity index is 1050. The first-order valence-electron chi connectivity index (χ1n) is 10.4. The third-order valence-corrected chi connectivity index (χ3v) is 6.26. The van der Waals surface area contributed by atoms with E-state index in [9.17, 15) is 0 Å². The first-order valence-corrected chi connectivity index (χ1v) is 10.4. The van der Waals surface area contributed by atoms with Crippen LogP contribution >= 0.6 is 0 Å². The molecule has 1 heterocycles. The van der Waals surface area contributed by atoms with Crippen LogP contribution in [0.5, 0.6) is 0 Å². The molecule has 0 bridgehead atoms. The van der Waals surface area contributed by atoms with Crippen molar-refractivity contribution in [1.29, 1.82) is 0 Å². The van der Waals surface area contributed by atoms with Gasteiger partial charge in [0.15, 0.2) is 0 Å². The number of nitrogens with two attached hydrogens (primary N) is 1. The second kappa shape index (κ2) is 7.32. The average molecular weight is 383 g/mol. The molecule has 0 atom stereocenters. The average Bonchev–Trinajstić information content (AvgIpc) is 2.75. The molecule has 0 unspecified atom stereocenters. The van der Waals surface area contributed by atoms with E-state index >= 15 is 0 Å². The van der Waals surface area contributed by atoms with Gasteiger partial charge in [-0.15, -0.1) is 0 Å². The fourth-order valence-electron chi connectivity index (χ4n) is 4.96. The van der Waals surface area contributed by atoms with E-state index in [1.807, 2.05) is 30.3 Å². The molecule has 3 N–H and O–H groups in total. The third kappa shape index (κ3) is 3.27. The summed E-state index contributed by atoms with van der Waals surface area (Å²) in [5, 5.41) is 4.31. The lowest BCUT2D eigenvalue weighted by molar-refractivity contribution is 0.288. The molecule has 0 saturated heterocycles. The Balaban J connectivity index is 1.55. The Hall–Kier alpha value is -3.21. The Morgan fingerprint density at radius 3 is 2.52 bits per heavy atom. The summed E-state index contributed by atoms with van der Waals surface area (Å²) in [4.78, 5) is 9.46. The minimum Gasteiger partial charge on any atom is -0.383 e. The maximum atomic E-state index is 6.54. The number of hydrogen-bond donors (Lipinski definition) is 2. The van der Waals surface area contributed by atoms with Crippen molar-refractivity contribution in [2.24, 2.45) is 5.10 Å². The molecular formula is C24H25N5. The van der Waals surface area contributed by atoms with E-state index in [0.29, 0.717) is 11.8 Å². The Morgan fingerprint density at radius 1 is 0.931 bits per heavy atom. The van der Waals surface area contributed by atoms with E-state index in [1.54, 1.807) is 6.21 Å². The summed E-state index contributed by atoms with van der Waals surface area (Å²) in [5.41, 5.74) is 15.2. The summed E-state index contributed by atoms with van der Waals surface area (Å²) in [5.74, 6) is 1.03. The second-order valence-corrected chi connectivity index (χ2v) is 8.11. The van der Waals surface area contributed by atoms with E-state index in [-0.39, 0.29) is 5.41 Å². The van der Waals surface area contributed by atoms with Gasteiger partial charge in [-0.1, -0.05) is 73.9 Å². The third-order valence-electron chi connectivity index (χ3n) is 6.26. The number of nitrogens with zero attached hydrogens (tertiary/aromatic N) is 3. The second-order valence-electron chi connectivity index (χ2n) is 8.11. The number of nitrogens with one attached hydrogen (secondary N) is 1. The minimum absolute atomic E-state index is 0.0673. The first-order chi connectivity index (χ1) is 14.3. The molecule has 1 fully saturated rings. The molecule has 1 spiro atoms. The molecular weight excluding hydrogens is 358 g/mol. The SMILES string of the molecule is Nc1nc(N/N=C\c2ccccc2)nc2c1C1(CCCCC1)Cc1ccccc1-2. The van der Waals surface area contributed by atoms with Crippen molar-refractivity contribution in [3.63, 3.8) is 0 Å². The predicted octanol–water partition coefficient (Wildman–Crippen LogP) is 4.93. The summed E-state index contributed by atoms with van der Waals surface area (Å²) in [6, 6.07) is 18.5. The van der Waals surface area contributed by atoms with Crippen molar-refractivity contribution in [1.82, 2.24) is 9.97 Å². The highest BCUT2D eigenvalue weighted by Crippen LogP contribution is 2.51. The number of rotatable bonds is 3. The fourth-order valence-corrected chi connectivity index (χ4v) is 4.96. The number of anilines is 2. The molecule has 0 aliphatic heterocycles. The van der Waals surface area contributed by atoms with Crippen LogP contribution in [0.4, 0.5) is 11.8 Å². The fraction of sp³-hybridized carbons (Fsp3) is 0.292. The van der Waals surface area contributed by atoms with E-state index < -0.39 is 0 Å². The van der Waals surface area contributed by atoms with Gasteiger partial charge in [-0.25, -0.2) is 10.4 Å². The molecule has 1 aromatic heterocycles. The van der Waals surface area contributed by atoms with Gasteiger partial charge >= 0.3 is 0 Å². The zero-order valence-electron chi connectivity index (χ0n) is 16.4. The molecule has 2 aromatic carbocycles. The topological polar surface area (TPSA) is 76.2 Å². The van der Waals surface area contributed by atoms with Crippen LogP contribution in [0.1, 0.15) is 48.8 Å². The van der Waals surface area contributed by atoms with Gasteiger partial charge in [0.1, 0.15) is 5.82 Å². The predicted molar refractivity (Wildman–Crippen MR) is 118 cm³/mol. The first kappa shape index (κ1) is 17.9. The monoisotopic (exact) mass is 383 g/mol. The van der Waals surface area contributed by atoms with E-state index in [0.717, 1.165) is 36.1 Å². The zero-order valence-corrected chi connectivity index (χ0v) is 16.4. The van der Waals surface area contributed by atoms with Crippen LogP contribution in [0.15, 0.2) is 59.7 Å². The quantitative estimate of drug-likeness (QED) is 0.497. The Morgan fingerprint density at radius 2 is 1.69 bits per heavy atom. The maximum Gasteiger partial charge on any atom is 0.246 e. The van der Waals surface area contributed by atoms with Crippen molar-refractivity contribution < 1.29 is 0 Å². The van der Waals surface area contributed by atoms with Gasteiger partial charge in [0.2, 0.25) is 5.95 Å². The van der Waals surface area contributed by atoms with Gasteiger partial charge in [-0.3, -0.25) is 0 Å². The van der Waals surface area contributed by atoms with Gasteiger partial charge in [0.25, 0.3) is 0 Å². The van der Waals surface area contributed by atoms with Gasteiger partial charge in [0.05, 0.1) is 11.9 Å². The van der Waals surface area contributed by atoms with Gasteiger partial charge in [-0.2, -0.15) is 10.1 Å². The van der Waals surface area contributed by atoms with E-state index in [1.165, 1.54) is 30.4 Å². The van der Waals surface area contributed by atoms with Crippen LogP contribution in [0, 0.1) is 0 Å². The maximum absolute atomic E-state index is 6.54. The largest absolute Gasteiger partial charge is 0.383 e. The van der Waals surface area contributed by atoms with Crippen molar-refractivity contribution in [3.8, 4) is 11.3 Å². The van der Waals surface area contributed by atoms with Crippen LogP contribution in [0.2, 0.25) is 0 Å². The number of fused-ring (bicyclic) bond motifs is 4. The lowest BCUT2D eigenvalue weighted by atomic mass is 9.62. The molecule has 146 valence electrons. The molecule has 2 aliphatic carbocycles. The standard InChI is InChI=1S/C24H25N5/c25-22-20-21(27-23(28-22)29-26-16-17-9-3-1-4-10-17)19-12-6-5-11-18(19)15-24(20)13-7-2-8-14-24/h1,3-6,9-12,16H,2,7-8,13-15H2,(H3,25,27,28,29)/b26-16-. The molecule has 5 nitrogen and oxygen atoms in total. The summed E-state index contributed by atoms with van der Waals surface area (Å²) >= 11 is 0. The number of hydrazone groups is 1. The molecule has 0 amide bonds. The highest BCUT2D eigenvalue weighted by atomic mass is 15.3. The van der Waals surface area contributed by atoms with Crippen LogP contribution in [-0.4, -0.2) is 16.2 Å². The van der Waals surface area contributed by atoms with Gasteiger partial charge < -0.3 is 5.73 Å². The zero-order chi connectivity index (χ0) is 19.7. The van der Waals surface area contributed by atoms with Crippen LogP contribution in [0.3, 0.4) is 0 Å². The van der Waals surface area contributed by atoms with Crippen molar-refractivity contribution >= 4 is 18.0 Å². The van der Waals surface area contributed by atoms with Crippen molar-refractivity contribution in [3.05, 3.63) is 71.3 Å². The van der Waals surface area contributed by atoms with Gasteiger partial charge in [-0.05, 0) is 30.4 Å². The summed E-state index contributed by atoms with van der Waals surface area (Å²) < 4.78 is 0. The highest BCUT2D eigenvalue weighted by Gasteiger charge is 2.42. The highest BCUT2D eigenvalue weighted by molar-refractivity contribution is 5.80. The molecule has 2 aliphatic rings. The lowest BCUT2D eigenvalue weighted by Gasteiger charge is -2.42. The van der Waals surface area contributed by atoms with Gasteiger partial charge in [0, 0.05) is 16.5 Å². The minimum atomic E-state index is 0.0673.